The SMILES string of the molecule is COc1cc(C=C(C(=O)/C=C\c2ccc(OC)c(OC)c2)C(=O)/C=C/c2ccc(OC)c(OC)c2)ccc1O. The number of hydrogen-bond acceptors (Lipinski definition) is 8. The zero-order valence-electron chi connectivity index (χ0n) is 22.4. The molecule has 8 heteroatoms. The number of carbonyl (C=O) groups excluding carboxylic acids is 2. The Morgan fingerprint density at radius 1 is 0.564 bits per heavy atom. The van der Waals surface area contributed by atoms with Crippen LogP contribution in [0.25, 0.3) is 18.2 Å². The Kier molecular flexibility index (Phi) is 9.92. The number of carbonyl (C=O) groups is 2. The van der Waals surface area contributed by atoms with Crippen LogP contribution in [0.2, 0.25) is 0 Å². The summed E-state index contributed by atoms with van der Waals surface area (Å²) in [4.78, 5) is 26.5. The zero-order valence-corrected chi connectivity index (χ0v) is 22.4. The van der Waals surface area contributed by atoms with E-state index in [1.807, 2.05) is 0 Å². The van der Waals surface area contributed by atoms with Gasteiger partial charge in [0.05, 0.1) is 41.1 Å². The molecule has 0 bridgehead atoms. The molecule has 0 aliphatic rings. The summed E-state index contributed by atoms with van der Waals surface area (Å²) in [5, 5.41) is 9.93. The van der Waals surface area contributed by atoms with Crippen molar-refractivity contribution in [1.82, 2.24) is 0 Å². The average molecular weight is 531 g/mol. The summed E-state index contributed by atoms with van der Waals surface area (Å²) < 4.78 is 26.3. The highest BCUT2D eigenvalue weighted by molar-refractivity contribution is 6.31. The molecule has 0 saturated carbocycles. The smallest absolute Gasteiger partial charge is 0.189 e. The van der Waals surface area contributed by atoms with E-state index in [0.717, 1.165) is 0 Å². The van der Waals surface area contributed by atoms with Crippen molar-refractivity contribution in [3.63, 3.8) is 0 Å². The number of aromatic hydroxyl groups is 1. The van der Waals surface area contributed by atoms with E-state index in [1.165, 1.54) is 65.9 Å². The molecular formula is C31H30O8. The average Bonchev–Trinajstić information content (AvgIpc) is 2.97. The number of ketones is 2. The number of phenols is 1. The Morgan fingerprint density at radius 2 is 0.974 bits per heavy atom. The number of hydrogen-bond donors (Lipinski definition) is 1. The van der Waals surface area contributed by atoms with Gasteiger partial charge in [0.25, 0.3) is 0 Å². The molecule has 3 aromatic rings. The Bertz CT molecular complexity index is 1350. The highest BCUT2D eigenvalue weighted by atomic mass is 16.5. The molecule has 202 valence electrons. The molecule has 0 aliphatic heterocycles. The first-order valence-electron chi connectivity index (χ1n) is 11.8. The van der Waals surface area contributed by atoms with Crippen LogP contribution in [-0.4, -0.2) is 52.2 Å². The van der Waals surface area contributed by atoms with Crippen LogP contribution in [-0.2, 0) is 9.59 Å². The van der Waals surface area contributed by atoms with Crippen LogP contribution in [0, 0.1) is 0 Å². The Balaban J connectivity index is 1.97. The largest absolute Gasteiger partial charge is 0.504 e. The van der Waals surface area contributed by atoms with Crippen LogP contribution >= 0.6 is 0 Å². The standard InChI is InChI=1S/C31H30O8/c1-35-27-14-9-20(17-30(27)38-4)6-11-24(32)23(16-22-8-13-26(34)29(19-22)37-3)25(33)12-7-21-10-15-28(36-2)31(18-21)39-5/h6-19,34H,1-5H3/b11-6-,12-7+,23-16?. The summed E-state index contributed by atoms with van der Waals surface area (Å²) in [6.07, 6.45) is 7.24. The van der Waals surface area contributed by atoms with Crippen LogP contribution in [0.15, 0.2) is 72.3 Å². The molecule has 3 aromatic carbocycles. The number of benzene rings is 3. The van der Waals surface area contributed by atoms with Gasteiger partial charge in [-0.3, -0.25) is 9.59 Å². The van der Waals surface area contributed by atoms with Gasteiger partial charge in [0.1, 0.15) is 0 Å². The molecule has 0 aromatic heterocycles. The van der Waals surface area contributed by atoms with E-state index in [-0.39, 0.29) is 17.1 Å². The second-order valence-electron chi connectivity index (χ2n) is 8.11. The minimum absolute atomic E-state index is 0.0597. The topological polar surface area (TPSA) is 101 Å². The molecule has 0 spiro atoms. The van der Waals surface area contributed by atoms with Gasteiger partial charge in [-0.05, 0) is 71.3 Å². The number of rotatable bonds is 12. The quantitative estimate of drug-likeness (QED) is 0.189. The van der Waals surface area contributed by atoms with Crippen molar-refractivity contribution in [2.75, 3.05) is 35.5 Å². The molecule has 0 amide bonds. The van der Waals surface area contributed by atoms with Crippen LogP contribution in [0.4, 0.5) is 0 Å². The van der Waals surface area contributed by atoms with Gasteiger partial charge in [-0.1, -0.05) is 30.4 Å². The lowest BCUT2D eigenvalue weighted by Gasteiger charge is -2.08. The lowest BCUT2D eigenvalue weighted by Crippen LogP contribution is -2.08. The minimum Gasteiger partial charge on any atom is -0.504 e. The molecule has 0 radical (unpaired) electrons. The first kappa shape index (κ1) is 28.6. The van der Waals surface area contributed by atoms with Crippen molar-refractivity contribution in [3.05, 3.63) is 89.0 Å². The van der Waals surface area contributed by atoms with E-state index in [0.29, 0.717) is 39.7 Å². The van der Waals surface area contributed by atoms with Gasteiger partial charge in [-0.2, -0.15) is 0 Å². The molecule has 0 atom stereocenters. The second-order valence-corrected chi connectivity index (χ2v) is 8.11. The molecule has 39 heavy (non-hydrogen) atoms. The van der Waals surface area contributed by atoms with E-state index in [9.17, 15) is 14.7 Å². The Labute approximate surface area is 227 Å². The van der Waals surface area contributed by atoms with Crippen molar-refractivity contribution in [2.24, 2.45) is 0 Å². The molecule has 0 saturated heterocycles. The van der Waals surface area contributed by atoms with Gasteiger partial charge in [0.15, 0.2) is 46.1 Å². The number of phenolic OH excluding ortho intramolecular Hbond substituents is 1. The van der Waals surface area contributed by atoms with E-state index >= 15 is 0 Å². The number of methoxy groups -OCH3 is 5. The van der Waals surface area contributed by atoms with E-state index < -0.39 is 11.6 Å². The first-order valence-corrected chi connectivity index (χ1v) is 11.8. The predicted molar refractivity (Wildman–Crippen MR) is 150 cm³/mol. The van der Waals surface area contributed by atoms with E-state index in [4.69, 9.17) is 23.7 Å². The Morgan fingerprint density at radius 3 is 1.41 bits per heavy atom. The molecule has 8 nitrogen and oxygen atoms in total. The minimum atomic E-state index is -0.515. The lowest BCUT2D eigenvalue weighted by molar-refractivity contribution is -0.116. The normalized spacial score (nSPS) is 11.5. The Hall–Kier alpha value is -4.98. The summed E-state index contributed by atoms with van der Waals surface area (Å²) in [6, 6.07) is 14.9. The van der Waals surface area contributed by atoms with Crippen molar-refractivity contribution in [2.45, 2.75) is 0 Å². The van der Waals surface area contributed by atoms with Crippen molar-refractivity contribution in [3.8, 4) is 34.5 Å². The van der Waals surface area contributed by atoms with Crippen LogP contribution in [0.5, 0.6) is 34.5 Å². The summed E-state index contributed by atoms with van der Waals surface area (Å²) in [5.41, 5.74) is 1.77. The fraction of sp³-hybridized carbons (Fsp3) is 0.161. The maximum absolute atomic E-state index is 13.3. The molecular weight excluding hydrogens is 500 g/mol. The van der Waals surface area contributed by atoms with Gasteiger partial charge < -0.3 is 28.8 Å². The summed E-state index contributed by atoms with van der Waals surface area (Å²) in [5.74, 6) is 1.25. The van der Waals surface area contributed by atoms with Crippen LogP contribution in [0.3, 0.4) is 0 Å². The summed E-state index contributed by atoms with van der Waals surface area (Å²) in [6.45, 7) is 0. The third-order valence-corrected chi connectivity index (χ3v) is 5.72. The van der Waals surface area contributed by atoms with Crippen molar-refractivity contribution < 1.29 is 38.4 Å². The molecule has 0 unspecified atom stereocenters. The number of allylic oxidation sites excluding steroid dienone is 3. The van der Waals surface area contributed by atoms with Gasteiger partial charge >= 0.3 is 0 Å². The van der Waals surface area contributed by atoms with Crippen molar-refractivity contribution in [1.29, 1.82) is 0 Å². The van der Waals surface area contributed by atoms with Crippen LogP contribution < -0.4 is 23.7 Å². The molecule has 3 rings (SSSR count). The molecule has 0 heterocycles. The highest BCUT2D eigenvalue weighted by Crippen LogP contribution is 2.30. The second kappa shape index (κ2) is 13.5. The third kappa shape index (κ3) is 7.29. The maximum atomic E-state index is 13.3. The van der Waals surface area contributed by atoms with Gasteiger partial charge in [-0.25, -0.2) is 0 Å². The van der Waals surface area contributed by atoms with Crippen LogP contribution in [0.1, 0.15) is 16.7 Å². The van der Waals surface area contributed by atoms with Gasteiger partial charge in [0, 0.05) is 0 Å². The fourth-order valence-electron chi connectivity index (χ4n) is 3.65. The third-order valence-electron chi connectivity index (χ3n) is 5.72. The fourth-order valence-corrected chi connectivity index (χ4v) is 3.65. The number of ether oxygens (including phenoxy) is 5. The van der Waals surface area contributed by atoms with E-state index in [2.05, 4.69) is 0 Å². The zero-order chi connectivity index (χ0) is 28.4. The lowest BCUT2D eigenvalue weighted by atomic mass is 10.0. The highest BCUT2D eigenvalue weighted by Gasteiger charge is 2.15. The molecule has 0 aliphatic carbocycles. The van der Waals surface area contributed by atoms with Crippen molar-refractivity contribution >= 4 is 29.8 Å². The van der Waals surface area contributed by atoms with Gasteiger partial charge in [0.2, 0.25) is 0 Å². The summed E-state index contributed by atoms with van der Waals surface area (Å²) in [7, 11) is 7.53. The predicted octanol–water partition coefficient (Wildman–Crippen LogP) is 5.38. The van der Waals surface area contributed by atoms with E-state index in [1.54, 1.807) is 54.6 Å². The van der Waals surface area contributed by atoms with Gasteiger partial charge in [-0.15, -0.1) is 0 Å². The summed E-state index contributed by atoms with van der Waals surface area (Å²) >= 11 is 0. The molecule has 1 N–H and O–H groups in total. The first-order chi connectivity index (χ1) is 18.8. The molecule has 0 fully saturated rings. The monoisotopic (exact) mass is 530 g/mol. The maximum Gasteiger partial charge on any atom is 0.189 e.